The zero-order valence-corrected chi connectivity index (χ0v) is 18.8. The van der Waals surface area contributed by atoms with Crippen molar-refractivity contribution in [3.63, 3.8) is 0 Å². The number of nitrogens with zero attached hydrogens (tertiary/aromatic N) is 1. The Hall–Kier alpha value is -1.71. The molecule has 2 heterocycles. The number of benzene rings is 1. The zero-order valence-electron chi connectivity index (χ0n) is 16.4. The largest absolute Gasteiger partial charge is 0.352 e. The van der Waals surface area contributed by atoms with Gasteiger partial charge < -0.3 is 5.32 Å². The molecule has 156 valence electrons. The summed E-state index contributed by atoms with van der Waals surface area (Å²) in [5.74, 6) is 0.0598. The number of sulfone groups is 1. The molecule has 1 atom stereocenters. The molecule has 0 bridgehead atoms. The van der Waals surface area contributed by atoms with Crippen LogP contribution in [0.1, 0.15) is 43.7 Å². The first-order valence-electron chi connectivity index (χ1n) is 9.50. The van der Waals surface area contributed by atoms with Gasteiger partial charge in [-0.15, -0.1) is 0 Å². The maximum atomic E-state index is 12.7. The lowest BCUT2D eigenvalue weighted by molar-refractivity contribution is -0.124. The van der Waals surface area contributed by atoms with Gasteiger partial charge in [-0.25, -0.2) is 8.42 Å². The Morgan fingerprint density at radius 2 is 2.03 bits per heavy atom. The molecule has 1 N–H and O–H groups in total. The van der Waals surface area contributed by atoms with Crippen LogP contribution in [0.5, 0.6) is 0 Å². The molecular formula is C20H24N2O4S3. The first kappa shape index (κ1) is 22.0. The summed E-state index contributed by atoms with van der Waals surface area (Å²) in [6, 6.07) is 7.71. The van der Waals surface area contributed by atoms with Crippen LogP contribution in [-0.2, 0) is 19.4 Å². The number of carbonyl (C=O) groups is 2. The molecule has 9 heteroatoms. The van der Waals surface area contributed by atoms with Crippen LogP contribution in [0.15, 0.2) is 29.2 Å². The van der Waals surface area contributed by atoms with Gasteiger partial charge in [-0.1, -0.05) is 62.1 Å². The number of hydrogen-bond acceptors (Lipinski definition) is 6. The van der Waals surface area contributed by atoms with E-state index in [1.165, 1.54) is 22.2 Å². The molecule has 0 spiro atoms. The second kappa shape index (κ2) is 8.97. The first-order chi connectivity index (χ1) is 13.6. The van der Waals surface area contributed by atoms with Crippen molar-refractivity contribution in [3.8, 4) is 0 Å². The number of carbonyl (C=O) groups excluding carboxylic acids is 2. The first-order valence-corrected chi connectivity index (χ1v) is 12.5. The summed E-state index contributed by atoms with van der Waals surface area (Å²) in [5, 5.41) is 2.73. The third-order valence-corrected chi connectivity index (χ3v) is 8.08. The quantitative estimate of drug-likeness (QED) is 0.528. The van der Waals surface area contributed by atoms with Gasteiger partial charge in [0.25, 0.3) is 5.91 Å². The highest BCUT2D eigenvalue weighted by molar-refractivity contribution is 8.26. The van der Waals surface area contributed by atoms with Crippen LogP contribution in [0.2, 0.25) is 0 Å². The number of thioether (sulfide) groups is 1. The summed E-state index contributed by atoms with van der Waals surface area (Å²) in [7, 11) is -3.04. The second-order valence-corrected chi connectivity index (χ2v) is 11.5. The highest BCUT2D eigenvalue weighted by atomic mass is 32.2. The lowest BCUT2D eigenvalue weighted by Gasteiger charge is -2.15. The van der Waals surface area contributed by atoms with Gasteiger partial charge in [-0.05, 0) is 29.5 Å². The molecule has 2 aliphatic rings. The van der Waals surface area contributed by atoms with E-state index in [1.54, 1.807) is 0 Å². The lowest BCUT2D eigenvalue weighted by Crippen LogP contribution is -2.38. The predicted molar refractivity (Wildman–Crippen MR) is 120 cm³/mol. The minimum atomic E-state index is -3.04. The van der Waals surface area contributed by atoms with E-state index in [2.05, 4.69) is 19.2 Å². The average Bonchev–Trinajstić information content (AvgIpc) is 3.12. The van der Waals surface area contributed by atoms with Gasteiger partial charge in [0.2, 0.25) is 5.91 Å². The summed E-state index contributed by atoms with van der Waals surface area (Å²) >= 11 is 6.54. The van der Waals surface area contributed by atoms with Crippen LogP contribution < -0.4 is 5.32 Å². The lowest BCUT2D eigenvalue weighted by atomic mass is 10.0. The van der Waals surface area contributed by atoms with E-state index in [1.807, 2.05) is 30.3 Å². The zero-order chi connectivity index (χ0) is 21.2. The predicted octanol–water partition coefficient (Wildman–Crippen LogP) is 2.70. The van der Waals surface area contributed by atoms with Gasteiger partial charge in [0, 0.05) is 19.0 Å². The molecule has 0 aliphatic carbocycles. The third-order valence-electron chi connectivity index (χ3n) is 4.93. The molecule has 0 saturated carbocycles. The van der Waals surface area contributed by atoms with Gasteiger partial charge >= 0.3 is 0 Å². The minimum absolute atomic E-state index is 0.0157. The summed E-state index contributed by atoms with van der Waals surface area (Å²) in [5.41, 5.74) is 2.16. The van der Waals surface area contributed by atoms with Crippen LogP contribution in [0.3, 0.4) is 0 Å². The molecule has 1 unspecified atom stereocenters. The van der Waals surface area contributed by atoms with Crippen molar-refractivity contribution in [1.82, 2.24) is 10.2 Å². The molecule has 6 nitrogen and oxygen atoms in total. The normalized spacial score (nSPS) is 22.7. The highest BCUT2D eigenvalue weighted by Crippen LogP contribution is 2.32. The van der Waals surface area contributed by atoms with E-state index in [0.29, 0.717) is 21.6 Å². The maximum absolute atomic E-state index is 12.7. The van der Waals surface area contributed by atoms with E-state index in [-0.39, 0.29) is 42.3 Å². The van der Waals surface area contributed by atoms with E-state index < -0.39 is 9.84 Å². The molecule has 1 aromatic rings. The molecule has 2 saturated heterocycles. The monoisotopic (exact) mass is 452 g/mol. The Morgan fingerprint density at radius 1 is 1.34 bits per heavy atom. The Bertz CT molecular complexity index is 952. The third kappa shape index (κ3) is 5.67. The van der Waals surface area contributed by atoms with Crippen LogP contribution in [0.25, 0.3) is 6.08 Å². The number of rotatable bonds is 6. The standard InChI is InChI=1S/C20H24N2O4S3/c1-13(2)15-5-3-14(4-6-15)11-17-19(24)22(20(27)28-17)9-7-18(23)21-16-8-10-29(25,26)12-16/h3-6,11,13,16H,7-10,12H2,1-2H3,(H,21,23). The second-order valence-electron chi connectivity index (χ2n) is 7.57. The molecular weight excluding hydrogens is 428 g/mol. The van der Waals surface area contributed by atoms with Crippen molar-refractivity contribution in [2.24, 2.45) is 0 Å². The Balaban J connectivity index is 1.56. The number of nitrogens with one attached hydrogen (secondary N) is 1. The van der Waals surface area contributed by atoms with Crippen LogP contribution in [0, 0.1) is 0 Å². The molecule has 2 amide bonds. The molecule has 1 aromatic carbocycles. The number of hydrogen-bond donors (Lipinski definition) is 1. The summed E-state index contributed by atoms with van der Waals surface area (Å²) < 4.78 is 23.4. The molecule has 29 heavy (non-hydrogen) atoms. The van der Waals surface area contributed by atoms with E-state index in [4.69, 9.17) is 12.2 Å². The van der Waals surface area contributed by atoms with Gasteiger partial charge in [0.1, 0.15) is 4.32 Å². The average molecular weight is 453 g/mol. The van der Waals surface area contributed by atoms with Crippen molar-refractivity contribution in [2.75, 3.05) is 18.1 Å². The van der Waals surface area contributed by atoms with Gasteiger partial charge in [-0.3, -0.25) is 14.5 Å². The van der Waals surface area contributed by atoms with Gasteiger partial charge in [-0.2, -0.15) is 0 Å². The molecule has 3 rings (SSSR count). The molecule has 2 aliphatic heterocycles. The van der Waals surface area contributed by atoms with Crippen molar-refractivity contribution in [2.45, 2.75) is 38.6 Å². The molecule has 2 fully saturated rings. The fourth-order valence-electron chi connectivity index (χ4n) is 3.24. The fourth-order valence-corrected chi connectivity index (χ4v) is 6.23. The van der Waals surface area contributed by atoms with Crippen LogP contribution in [0.4, 0.5) is 0 Å². The van der Waals surface area contributed by atoms with E-state index in [9.17, 15) is 18.0 Å². The smallest absolute Gasteiger partial charge is 0.266 e. The Labute approximate surface area is 181 Å². The van der Waals surface area contributed by atoms with Crippen molar-refractivity contribution >= 4 is 56.0 Å². The summed E-state index contributed by atoms with van der Waals surface area (Å²) in [4.78, 5) is 26.8. The fraction of sp³-hybridized carbons (Fsp3) is 0.450. The number of amides is 2. The van der Waals surface area contributed by atoms with Gasteiger partial charge in [0.05, 0.1) is 16.4 Å². The van der Waals surface area contributed by atoms with E-state index in [0.717, 1.165) is 5.56 Å². The maximum Gasteiger partial charge on any atom is 0.266 e. The topological polar surface area (TPSA) is 83.6 Å². The van der Waals surface area contributed by atoms with E-state index >= 15 is 0 Å². The molecule has 0 radical (unpaired) electrons. The van der Waals surface area contributed by atoms with Crippen molar-refractivity contribution < 1.29 is 18.0 Å². The van der Waals surface area contributed by atoms with Crippen molar-refractivity contribution in [1.29, 1.82) is 0 Å². The number of thiocarbonyl (C=S) groups is 1. The minimum Gasteiger partial charge on any atom is -0.352 e. The van der Waals surface area contributed by atoms with Crippen LogP contribution in [-0.4, -0.2) is 53.5 Å². The highest BCUT2D eigenvalue weighted by Gasteiger charge is 2.33. The summed E-state index contributed by atoms with van der Waals surface area (Å²) in [6.07, 6.45) is 2.33. The van der Waals surface area contributed by atoms with Gasteiger partial charge in [0.15, 0.2) is 9.84 Å². The SMILES string of the molecule is CC(C)c1ccc(C=C2SC(=S)N(CCC(=O)NC3CCS(=O)(=O)C3)C2=O)cc1. The Morgan fingerprint density at radius 3 is 2.62 bits per heavy atom. The molecule has 0 aromatic heterocycles. The van der Waals surface area contributed by atoms with Crippen LogP contribution >= 0.6 is 24.0 Å². The Kier molecular flexibility index (Phi) is 6.80. The van der Waals surface area contributed by atoms with Crippen molar-refractivity contribution in [3.05, 3.63) is 40.3 Å². The summed E-state index contributed by atoms with van der Waals surface area (Å²) in [6.45, 7) is 4.43.